The summed E-state index contributed by atoms with van der Waals surface area (Å²) in [6.07, 6.45) is 8.15. The van der Waals surface area contributed by atoms with Gasteiger partial charge in [0.05, 0.1) is 22.5 Å². The first kappa shape index (κ1) is 17.0. The lowest BCUT2D eigenvalue weighted by Gasteiger charge is -2.00. The molecular weight excluding hydrogens is 290 g/mol. The fourth-order valence-corrected chi connectivity index (χ4v) is 1.58. The van der Waals surface area contributed by atoms with Crippen LogP contribution in [0, 0.1) is 0 Å². The van der Waals surface area contributed by atoms with Crippen LogP contribution in [0.3, 0.4) is 0 Å². The van der Waals surface area contributed by atoms with Crippen LogP contribution in [0.1, 0.15) is 5.56 Å². The van der Waals surface area contributed by atoms with Crippen LogP contribution in [0.15, 0.2) is 60.9 Å². The van der Waals surface area contributed by atoms with Crippen molar-refractivity contribution in [3.8, 4) is 0 Å². The maximum Gasteiger partial charge on any atom is 0.175 e. The van der Waals surface area contributed by atoms with E-state index in [1.165, 1.54) is 5.56 Å². The van der Waals surface area contributed by atoms with Gasteiger partial charge in [0.1, 0.15) is 0 Å². The Kier molecular flexibility index (Phi) is 7.31. The van der Waals surface area contributed by atoms with E-state index in [1.807, 2.05) is 59.6 Å². The number of aromatic nitrogens is 1. The topological polar surface area (TPSA) is 81.3 Å². The van der Waals surface area contributed by atoms with Gasteiger partial charge in [0.25, 0.3) is 0 Å². The summed E-state index contributed by atoms with van der Waals surface area (Å²) < 4.78 is 30.6. The first-order valence-electron chi connectivity index (χ1n) is 6.25. The number of pyridine rings is 1. The molecular formula is C15H17NO4S. The Morgan fingerprint density at radius 2 is 1.62 bits per heavy atom. The number of rotatable bonds is 4. The molecule has 1 aromatic heterocycles. The van der Waals surface area contributed by atoms with E-state index in [1.54, 1.807) is 0 Å². The predicted octanol–water partition coefficient (Wildman–Crippen LogP) is 1.13. The van der Waals surface area contributed by atoms with Crippen LogP contribution in [0.4, 0.5) is 0 Å². The quantitative estimate of drug-likeness (QED) is 0.678. The molecule has 5 nitrogen and oxygen atoms in total. The molecule has 0 aliphatic carbocycles. The van der Waals surface area contributed by atoms with E-state index in [4.69, 9.17) is 5.11 Å². The molecule has 6 heteroatoms. The molecule has 0 saturated heterocycles. The first-order chi connectivity index (χ1) is 10.0. The van der Waals surface area contributed by atoms with Crippen molar-refractivity contribution in [2.75, 3.05) is 12.4 Å². The SMILES string of the molecule is C(=C\[n+]1ccccc1)/c1ccccc1.O=S(=O)([O-])CCO. The zero-order chi connectivity index (χ0) is 15.6. The normalized spacial score (nSPS) is 11.0. The van der Waals surface area contributed by atoms with Gasteiger partial charge in [-0.1, -0.05) is 36.4 Å². The number of benzene rings is 1. The molecule has 0 saturated carbocycles. The zero-order valence-electron chi connectivity index (χ0n) is 11.4. The van der Waals surface area contributed by atoms with Crippen LogP contribution in [0.25, 0.3) is 12.3 Å². The number of hydrogen-bond acceptors (Lipinski definition) is 4. The van der Waals surface area contributed by atoms with Crippen molar-refractivity contribution in [1.82, 2.24) is 0 Å². The molecule has 0 amide bonds. The Morgan fingerprint density at radius 1 is 1.05 bits per heavy atom. The van der Waals surface area contributed by atoms with Crippen molar-refractivity contribution in [2.24, 2.45) is 0 Å². The molecule has 0 fully saturated rings. The lowest BCUT2D eigenvalue weighted by Crippen LogP contribution is -2.23. The second kappa shape index (κ2) is 9.02. The van der Waals surface area contributed by atoms with E-state index in [0.29, 0.717) is 0 Å². The van der Waals surface area contributed by atoms with Gasteiger partial charge >= 0.3 is 0 Å². The molecule has 1 N–H and O–H groups in total. The summed E-state index contributed by atoms with van der Waals surface area (Å²) in [5.41, 5.74) is 1.21. The van der Waals surface area contributed by atoms with Crippen molar-refractivity contribution in [1.29, 1.82) is 0 Å². The summed E-state index contributed by atoms with van der Waals surface area (Å²) in [5, 5.41) is 7.82. The summed E-state index contributed by atoms with van der Waals surface area (Å²) in [7, 11) is -4.17. The molecule has 0 aliphatic heterocycles. The maximum absolute atomic E-state index is 9.52. The zero-order valence-corrected chi connectivity index (χ0v) is 12.2. The van der Waals surface area contributed by atoms with Crippen LogP contribution in [0.5, 0.6) is 0 Å². The van der Waals surface area contributed by atoms with Gasteiger partial charge in [-0.25, -0.2) is 8.42 Å². The van der Waals surface area contributed by atoms with Crippen LogP contribution >= 0.6 is 0 Å². The lowest BCUT2D eigenvalue weighted by atomic mass is 10.2. The summed E-state index contributed by atoms with van der Waals surface area (Å²) in [6.45, 7) is -0.591. The molecule has 2 rings (SSSR count). The van der Waals surface area contributed by atoms with Gasteiger partial charge < -0.3 is 9.66 Å². The lowest BCUT2D eigenvalue weighted by molar-refractivity contribution is -0.567. The molecule has 1 heterocycles. The molecule has 112 valence electrons. The van der Waals surface area contributed by atoms with Crippen molar-refractivity contribution >= 4 is 22.4 Å². The Bertz CT molecular complexity index is 598. The van der Waals surface area contributed by atoms with Crippen molar-refractivity contribution in [3.05, 3.63) is 66.5 Å². The second-order valence-corrected chi connectivity index (χ2v) is 5.56. The number of aliphatic hydroxyl groups excluding tert-OH is 1. The molecule has 0 bridgehead atoms. The highest BCUT2D eigenvalue weighted by Gasteiger charge is 1.90. The van der Waals surface area contributed by atoms with Gasteiger partial charge in [-0.3, -0.25) is 0 Å². The van der Waals surface area contributed by atoms with E-state index in [-0.39, 0.29) is 0 Å². The minimum Gasteiger partial charge on any atom is -0.748 e. The molecule has 0 spiro atoms. The molecule has 0 aliphatic rings. The summed E-state index contributed by atoms with van der Waals surface area (Å²) in [4.78, 5) is 0. The monoisotopic (exact) mass is 307 g/mol. The average molecular weight is 307 g/mol. The maximum atomic E-state index is 9.52. The molecule has 0 radical (unpaired) electrons. The van der Waals surface area contributed by atoms with Crippen molar-refractivity contribution < 1.29 is 22.6 Å². The highest BCUT2D eigenvalue weighted by Crippen LogP contribution is 1.99. The Hall–Kier alpha value is -2.02. The van der Waals surface area contributed by atoms with Gasteiger partial charge in [-0.05, 0) is 5.56 Å². The second-order valence-electron chi connectivity index (χ2n) is 4.03. The van der Waals surface area contributed by atoms with E-state index >= 15 is 0 Å². The average Bonchev–Trinajstić information content (AvgIpc) is 2.47. The molecule has 0 atom stereocenters. The summed E-state index contributed by atoms with van der Waals surface area (Å²) in [6, 6.07) is 16.3. The number of nitrogens with zero attached hydrogens (tertiary/aromatic N) is 1. The van der Waals surface area contributed by atoms with Crippen molar-refractivity contribution in [3.63, 3.8) is 0 Å². The molecule has 0 unspecified atom stereocenters. The highest BCUT2D eigenvalue weighted by molar-refractivity contribution is 7.85. The fraction of sp³-hybridized carbons (Fsp3) is 0.133. The third kappa shape index (κ3) is 8.69. The summed E-state index contributed by atoms with van der Waals surface area (Å²) >= 11 is 0. The highest BCUT2D eigenvalue weighted by atomic mass is 32.2. The Morgan fingerprint density at radius 3 is 2.10 bits per heavy atom. The minimum atomic E-state index is -4.17. The van der Waals surface area contributed by atoms with Crippen molar-refractivity contribution in [2.45, 2.75) is 0 Å². The van der Waals surface area contributed by atoms with Gasteiger partial charge in [0, 0.05) is 18.2 Å². The van der Waals surface area contributed by atoms with Gasteiger partial charge in [0.15, 0.2) is 18.6 Å². The Labute approximate surface area is 124 Å². The van der Waals surface area contributed by atoms with Crippen LogP contribution in [-0.2, 0) is 10.1 Å². The van der Waals surface area contributed by atoms with Gasteiger partial charge in [-0.15, -0.1) is 0 Å². The minimum absolute atomic E-state index is 0.591. The first-order valence-corrected chi connectivity index (χ1v) is 7.82. The van der Waals surface area contributed by atoms with E-state index < -0.39 is 22.5 Å². The summed E-state index contributed by atoms with van der Waals surface area (Å²) in [5.74, 6) is -0.688. The predicted molar refractivity (Wildman–Crippen MR) is 80.0 cm³/mol. The van der Waals surface area contributed by atoms with E-state index in [9.17, 15) is 13.0 Å². The third-order valence-corrected chi connectivity index (χ3v) is 3.00. The smallest absolute Gasteiger partial charge is 0.175 e. The Balaban J connectivity index is 0.000000270. The van der Waals surface area contributed by atoms with Crippen LogP contribution in [0.2, 0.25) is 0 Å². The number of hydrogen-bond donors (Lipinski definition) is 1. The molecule has 1 aromatic carbocycles. The van der Waals surface area contributed by atoms with Crippen LogP contribution in [-0.4, -0.2) is 30.4 Å². The third-order valence-electron chi connectivity index (χ3n) is 2.32. The van der Waals surface area contributed by atoms with Gasteiger partial charge in [-0.2, -0.15) is 4.57 Å². The standard InChI is InChI=1S/C13H12N.C2H6O4S/c1-3-7-13(8-4-1)9-12-14-10-5-2-6-11-14;3-1-2-7(4,5)6/h1-12H;3H,1-2H2,(H,4,5,6)/q+1;/p-1/b12-9+;. The van der Waals surface area contributed by atoms with Crippen LogP contribution < -0.4 is 4.57 Å². The molecule has 21 heavy (non-hydrogen) atoms. The van der Waals surface area contributed by atoms with Gasteiger partial charge in [0.2, 0.25) is 0 Å². The fourth-order valence-electron chi connectivity index (χ4n) is 1.36. The van der Waals surface area contributed by atoms with E-state index in [2.05, 4.69) is 18.2 Å². The number of aliphatic hydroxyl groups is 1. The van der Waals surface area contributed by atoms with E-state index in [0.717, 1.165) is 0 Å². The molecule has 2 aromatic rings. The largest absolute Gasteiger partial charge is 0.748 e.